The second-order valence-electron chi connectivity index (χ2n) is 3.76. The van der Waals surface area contributed by atoms with Crippen LogP contribution in [0.25, 0.3) is 0 Å². The molecule has 0 radical (unpaired) electrons. The molecule has 0 fully saturated rings. The first-order chi connectivity index (χ1) is 8.96. The van der Waals surface area contributed by atoms with Crippen LogP contribution < -0.4 is 0 Å². The molecule has 112 valence electrons. The highest BCUT2D eigenvalue weighted by atomic mass is 35.5. The third-order valence-electron chi connectivity index (χ3n) is 1.88. The van der Waals surface area contributed by atoms with Gasteiger partial charge in [0.1, 0.15) is 15.9 Å². The molecule has 0 aliphatic heterocycles. The zero-order valence-electron chi connectivity index (χ0n) is 10.0. The summed E-state index contributed by atoms with van der Waals surface area (Å²) < 4.78 is 63.2. The fourth-order valence-corrected chi connectivity index (χ4v) is 1.64. The Morgan fingerprint density at radius 3 is 1.85 bits per heavy atom. The Bertz CT molecular complexity index is 507. The van der Waals surface area contributed by atoms with Gasteiger partial charge in [-0.1, -0.05) is 23.2 Å². The first-order valence-corrected chi connectivity index (χ1v) is 5.61. The van der Waals surface area contributed by atoms with Gasteiger partial charge < -0.3 is 4.90 Å². The van der Waals surface area contributed by atoms with E-state index in [0.717, 1.165) is 0 Å². The van der Waals surface area contributed by atoms with Crippen molar-refractivity contribution in [1.29, 1.82) is 0 Å². The Morgan fingerprint density at radius 1 is 1.05 bits per heavy atom. The minimum atomic E-state index is -5.86. The summed E-state index contributed by atoms with van der Waals surface area (Å²) in [7, 11) is 3.19. The van der Waals surface area contributed by atoms with Gasteiger partial charge in [-0.25, -0.2) is 4.99 Å². The largest absolute Gasteiger partial charge is 0.458 e. The molecule has 0 saturated carbocycles. The van der Waals surface area contributed by atoms with Crippen LogP contribution in [0.3, 0.4) is 0 Å². The molecule has 0 amide bonds. The molecule has 1 aromatic heterocycles. The number of hydrogen-bond donors (Lipinski definition) is 0. The molecule has 1 heterocycles. The van der Waals surface area contributed by atoms with Crippen molar-refractivity contribution in [3.8, 4) is 0 Å². The lowest BCUT2D eigenvalue weighted by molar-refractivity contribution is -0.289. The maximum absolute atomic E-state index is 13.2. The highest BCUT2D eigenvalue weighted by molar-refractivity contribution is 6.34. The van der Waals surface area contributed by atoms with Crippen LogP contribution in [0, 0.1) is 0 Å². The van der Waals surface area contributed by atoms with E-state index in [9.17, 15) is 22.0 Å². The van der Waals surface area contributed by atoms with E-state index in [1.807, 2.05) is 0 Å². The molecule has 11 heteroatoms. The third kappa shape index (κ3) is 3.45. The summed E-state index contributed by atoms with van der Waals surface area (Å²) in [6, 6.07) is 0. The molecule has 1 aromatic rings. The molecule has 0 bridgehead atoms. The van der Waals surface area contributed by atoms with Crippen LogP contribution in [0.5, 0.6) is 0 Å². The van der Waals surface area contributed by atoms with Gasteiger partial charge in [0.05, 0.1) is 6.34 Å². The number of aliphatic imine (C=N–C) groups is 1. The van der Waals surface area contributed by atoms with Crippen molar-refractivity contribution in [3.05, 3.63) is 15.9 Å². The summed E-state index contributed by atoms with van der Waals surface area (Å²) in [6.45, 7) is 0. The minimum Gasteiger partial charge on any atom is -0.369 e. The number of aromatic nitrogens is 2. The van der Waals surface area contributed by atoms with Crippen molar-refractivity contribution in [1.82, 2.24) is 14.9 Å². The monoisotopic (exact) mass is 336 g/mol. The number of nitrogens with zero attached hydrogens (tertiary/aromatic N) is 4. The van der Waals surface area contributed by atoms with Crippen molar-refractivity contribution in [2.24, 2.45) is 4.99 Å². The molecule has 0 saturated heterocycles. The smallest absolute Gasteiger partial charge is 0.369 e. The molecule has 0 spiro atoms. The second kappa shape index (κ2) is 5.65. The minimum absolute atomic E-state index is 0.435. The number of rotatable bonds is 3. The quantitative estimate of drug-likeness (QED) is 0.366. The van der Waals surface area contributed by atoms with Gasteiger partial charge in [-0.05, 0) is 0 Å². The topological polar surface area (TPSA) is 41.4 Å². The average Bonchev–Trinajstić information content (AvgIpc) is 2.23. The van der Waals surface area contributed by atoms with Gasteiger partial charge in [0.25, 0.3) is 5.95 Å². The van der Waals surface area contributed by atoms with Gasteiger partial charge in [0.15, 0.2) is 0 Å². The first-order valence-electron chi connectivity index (χ1n) is 4.85. The highest BCUT2D eigenvalue weighted by Gasteiger charge is 2.61. The Balaban J connectivity index is 3.33. The number of halogens is 7. The normalized spacial score (nSPS) is 13.1. The Hall–Kier alpha value is -1.22. The van der Waals surface area contributed by atoms with Crippen LogP contribution in [0.4, 0.5) is 27.9 Å². The van der Waals surface area contributed by atoms with Crippen LogP contribution in [0.15, 0.2) is 4.99 Å². The number of hydrogen-bond acceptors (Lipinski definition) is 3. The predicted octanol–water partition coefficient (Wildman–Crippen LogP) is 3.66. The molecule has 0 aromatic carbocycles. The summed E-state index contributed by atoms with van der Waals surface area (Å²) in [5.41, 5.74) is -1.70. The fourth-order valence-electron chi connectivity index (χ4n) is 1.02. The zero-order chi connectivity index (χ0) is 15.7. The molecular weight excluding hydrogens is 330 g/mol. The van der Waals surface area contributed by atoms with Crippen LogP contribution >= 0.6 is 23.2 Å². The lowest BCUT2D eigenvalue weighted by Gasteiger charge is -2.20. The third-order valence-corrected chi connectivity index (χ3v) is 2.43. The summed E-state index contributed by atoms with van der Waals surface area (Å²) in [5.74, 6) is -5.69. The van der Waals surface area contributed by atoms with Gasteiger partial charge in [-0.2, -0.15) is 31.9 Å². The summed E-state index contributed by atoms with van der Waals surface area (Å²) in [4.78, 5) is 11.6. The first kappa shape index (κ1) is 16.8. The van der Waals surface area contributed by atoms with E-state index in [0.29, 0.717) is 0 Å². The molecule has 0 aliphatic carbocycles. The van der Waals surface area contributed by atoms with Crippen molar-refractivity contribution in [2.75, 3.05) is 14.1 Å². The van der Waals surface area contributed by atoms with Gasteiger partial charge in [0, 0.05) is 14.1 Å². The molecule has 1 rings (SSSR count). The van der Waals surface area contributed by atoms with E-state index in [-0.39, 0.29) is 0 Å². The highest BCUT2D eigenvalue weighted by Crippen LogP contribution is 2.48. The maximum Gasteiger partial charge on any atom is 0.458 e. The SMILES string of the molecule is CN(C)C=Nc1nc(Cl)c(C(F)(F)C(F)(F)F)c(Cl)n1. The maximum atomic E-state index is 13.2. The van der Waals surface area contributed by atoms with E-state index in [2.05, 4.69) is 15.0 Å². The van der Waals surface area contributed by atoms with Gasteiger partial charge in [-0.15, -0.1) is 0 Å². The van der Waals surface area contributed by atoms with E-state index >= 15 is 0 Å². The second-order valence-corrected chi connectivity index (χ2v) is 4.48. The van der Waals surface area contributed by atoms with Crippen molar-refractivity contribution >= 4 is 35.5 Å². The zero-order valence-corrected chi connectivity index (χ0v) is 11.5. The van der Waals surface area contributed by atoms with Crippen LogP contribution in [0.1, 0.15) is 5.56 Å². The lowest BCUT2D eigenvalue weighted by atomic mass is 10.2. The summed E-state index contributed by atoms with van der Waals surface area (Å²) in [6.07, 6.45) is -4.67. The fraction of sp³-hybridized carbons (Fsp3) is 0.444. The summed E-state index contributed by atoms with van der Waals surface area (Å²) in [5, 5.41) is -2.23. The van der Waals surface area contributed by atoms with Gasteiger partial charge in [0.2, 0.25) is 0 Å². The Kier molecular flexibility index (Phi) is 4.75. The van der Waals surface area contributed by atoms with Crippen molar-refractivity contribution in [3.63, 3.8) is 0 Å². The molecule has 0 unspecified atom stereocenters. The lowest BCUT2D eigenvalue weighted by Crippen LogP contribution is -2.34. The predicted molar refractivity (Wildman–Crippen MR) is 63.8 cm³/mol. The summed E-state index contributed by atoms with van der Waals surface area (Å²) >= 11 is 10.7. The molecular formula is C9H7Cl2F5N4. The van der Waals surface area contributed by atoms with Crippen LogP contribution in [-0.2, 0) is 5.92 Å². The molecule has 0 N–H and O–H groups in total. The molecule has 20 heavy (non-hydrogen) atoms. The van der Waals surface area contributed by atoms with Gasteiger partial charge in [-0.3, -0.25) is 0 Å². The van der Waals surface area contributed by atoms with E-state index in [1.54, 1.807) is 14.1 Å². The average molecular weight is 337 g/mol. The van der Waals surface area contributed by atoms with E-state index in [1.165, 1.54) is 11.2 Å². The van der Waals surface area contributed by atoms with Crippen molar-refractivity contribution < 1.29 is 22.0 Å². The van der Waals surface area contributed by atoms with E-state index in [4.69, 9.17) is 23.2 Å². The molecule has 4 nitrogen and oxygen atoms in total. The van der Waals surface area contributed by atoms with E-state index < -0.39 is 33.9 Å². The Morgan fingerprint density at radius 2 is 1.50 bits per heavy atom. The standard InChI is InChI=1S/C9H7Cl2F5N4/c1-20(2)3-17-7-18-5(10)4(6(11)19-7)8(12,13)9(14,15)16/h3H,1-2H3. The molecule has 0 atom stereocenters. The van der Waals surface area contributed by atoms with Crippen LogP contribution in [0.2, 0.25) is 10.3 Å². The van der Waals surface area contributed by atoms with Gasteiger partial charge >= 0.3 is 12.1 Å². The molecule has 0 aliphatic rings. The van der Waals surface area contributed by atoms with Crippen LogP contribution in [-0.4, -0.2) is 41.5 Å². The Labute approximate surface area is 120 Å². The number of alkyl halides is 5. The van der Waals surface area contributed by atoms with Crippen molar-refractivity contribution in [2.45, 2.75) is 12.1 Å².